The fourth-order valence-corrected chi connectivity index (χ4v) is 2.93. The molecule has 19 heavy (non-hydrogen) atoms. The van der Waals surface area contributed by atoms with Gasteiger partial charge in [0.05, 0.1) is 7.11 Å². The number of hydrogen-bond donors (Lipinski definition) is 1. The summed E-state index contributed by atoms with van der Waals surface area (Å²) in [6.45, 7) is 2.80. The predicted octanol–water partition coefficient (Wildman–Crippen LogP) is 4.87. The third-order valence-electron chi connectivity index (χ3n) is 2.84. The van der Waals surface area contributed by atoms with Crippen molar-refractivity contribution in [2.75, 3.05) is 12.4 Å². The summed E-state index contributed by atoms with van der Waals surface area (Å²) >= 11 is 8.23. The van der Waals surface area contributed by atoms with Gasteiger partial charge in [-0.05, 0) is 53.8 Å². The molecule has 0 aromatic heterocycles. The summed E-state index contributed by atoms with van der Waals surface area (Å²) in [6.07, 6.45) is 0. The Balaban J connectivity index is 2.16. The van der Waals surface area contributed by atoms with Crippen LogP contribution in [0.3, 0.4) is 0 Å². The van der Waals surface area contributed by atoms with E-state index < -0.39 is 0 Å². The number of methoxy groups -OCH3 is 1. The minimum Gasteiger partial charge on any atom is -0.496 e. The highest BCUT2D eigenvalue weighted by molar-refractivity contribution is 14.1. The van der Waals surface area contributed by atoms with E-state index in [1.807, 2.05) is 30.3 Å². The Morgan fingerprint density at radius 3 is 2.68 bits per heavy atom. The van der Waals surface area contributed by atoms with E-state index >= 15 is 0 Å². The molecule has 2 aromatic carbocycles. The number of benzene rings is 2. The smallest absolute Gasteiger partial charge is 0.123 e. The van der Waals surface area contributed by atoms with Gasteiger partial charge >= 0.3 is 0 Å². The number of rotatable bonds is 4. The molecule has 2 aromatic rings. The topological polar surface area (TPSA) is 21.3 Å². The molecule has 0 amide bonds. The molecule has 0 radical (unpaired) electrons. The summed E-state index contributed by atoms with van der Waals surface area (Å²) < 4.78 is 6.48. The van der Waals surface area contributed by atoms with Gasteiger partial charge < -0.3 is 10.1 Å². The van der Waals surface area contributed by atoms with Crippen LogP contribution >= 0.6 is 34.2 Å². The number of halogens is 2. The molecular formula is C15H15ClINO. The molecule has 2 rings (SSSR count). The third kappa shape index (κ3) is 3.76. The number of nitrogens with one attached hydrogen (secondary N) is 1. The first kappa shape index (κ1) is 14.5. The normalized spacial score (nSPS) is 10.3. The van der Waals surface area contributed by atoms with Crippen LogP contribution in [0.15, 0.2) is 36.4 Å². The van der Waals surface area contributed by atoms with Crippen LogP contribution in [0.1, 0.15) is 11.1 Å². The maximum Gasteiger partial charge on any atom is 0.123 e. The van der Waals surface area contributed by atoms with Crippen molar-refractivity contribution in [2.24, 2.45) is 0 Å². The van der Waals surface area contributed by atoms with Crippen molar-refractivity contribution in [2.45, 2.75) is 13.5 Å². The van der Waals surface area contributed by atoms with E-state index in [1.54, 1.807) is 7.11 Å². The van der Waals surface area contributed by atoms with E-state index in [-0.39, 0.29) is 0 Å². The zero-order valence-corrected chi connectivity index (χ0v) is 13.7. The van der Waals surface area contributed by atoms with E-state index in [0.29, 0.717) is 0 Å². The molecular weight excluding hydrogens is 373 g/mol. The van der Waals surface area contributed by atoms with Crippen molar-refractivity contribution in [3.05, 3.63) is 56.1 Å². The summed E-state index contributed by atoms with van der Waals surface area (Å²) in [6, 6.07) is 12.0. The molecule has 100 valence electrons. The molecule has 4 heteroatoms. The van der Waals surface area contributed by atoms with Crippen LogP contribution in [0.5, 0.6) is 5.75 Å². The minimum atomic E-state index is 0.725. The van der Waals surface area contributed by atoms with E-state index in [4.69, 9.17) is 16.3 Å². The largest absolute Gasteiger partial charge is 0.496 e. The molecule has 0 heterocycles. The third-order valence-corrected chi connectivity index (χ3v) is 3.96. The van der Waals surface area contributed by atoms with Gasteiger partial charge in [0.25, 0.3) is 0 Å². The van der Waals surface area contributed by atoms with Gasteiger partial charge in [-0.3, -0.25) is 0 Å². The number of hydrogen-bond acceptors (Lipinski definition) is 2. The second-order valence-corrected chi connectivity index (χ2v) is 5.89. The highest BCUT2D eigenvalue weighted by atomic mass is 127. The fraction of sp³-hybridized carbons (Fsp3) is 0.200. The second-order valence-electron chi connectivity index (χ2n) is 4.29. The summed E-state index contributed by atoms with van der Waals surface area (Å²) in [5, 5.41) is 4.17. The van der Waals surface area contributed by atoms with Gasteiger partial charge in [-0.15, -0.1) is 0 Å². The van der Waals surface area contributed by atoms with Crippen molar-refractivity contribution in [3.63, 3.8) is 0 Å². The lowest BCUT2D eigenvalue weighted by molar-refractivity contribution is 0.410. The summed E-state index contributed by atoms with van der Waals surface area (Å²) in [5.74, 6) is 0.905. The van der Waals surface area contributed by atoms with E-state index in [9.17, 15) is 0 Å². The van der Waals surface area contributed by atoms with Gasteiger partial charge in [0.15, 0.2) is 0 Å². The standard InChI is InChI=1S/C15H15ClINO/c1-10-3-6-15(19-2)11(7-10)9-18-14-5-4-12(16)8-13(14)17/h3-8,18H,9H2,1-2H3. The highest BCUT2D eigenvalue weighted by Gasteiger charge is 2.05. The molecule has 0 aliphatic carbocycles. The average molecular weight is 388 g/mol. The Morgan fingerprint density at radius 2 is 2.00 bits per heavy atom. The summed E-state index contributed by atoms with van der Waals surface area (Å²) in [5.41, 5.74) is 3.45. The van der Waals surface area contributed by atoms with Gasteiger partial charge in [-0.25, -0.2) is 0 Å². The van der Waals surface area contributed by atoms with Crippen LogP contribution in [-0.4, -0.2) is 7.11 Å². The van der Waals surface area contributed by atoms with Crippen LogP contribution in [0.2, 0.25) is 5.02 Å². The van der Waals surface area contributed by atoms with Gasteiger partial charge in [-0.1, -0.05) is 29.3 Å². The molecule has 0 atom stereocenters. The van der Waals surface area contributed by atoms with Gasteiger partial charge in [-0.2, -0.15) is 0 Å². The predicted molar refractivity (Wildman–Crippen MR) is 89.2 cm³/mol. The van der Waals surface area contributed by atoms with Crippen molar-refractivity contribution >= 4 is 39.9 Å². The first-order valence-corrected chi connectivity index (χ1v) is 7.38. The summed E-state index contributed by atoms with van der Waals surface area (Å²) in [4.78, 5) is 0. The van der Waals surface area contributed by atoms with E-state index in [0.717, 1.165) is 32.1 Å². The molecule has 0 aliphatic rings. The maximum absolute atomic E-state index is 5.95. The molecule has 0 spiro atoms. The fourth-order valence-electron chi connectivity index (χ4n) is 1.87. The number of anilines is 1. The molecule has 0 unspecified atom stereocenters. The monoisotopic (exact) mass is 387 g/mol. The van der Waals surface area contributed by atoms with Crippen LogP contribution in [0.25, 0.3) is 0 Å². The Kier molecular flexibility index (Phi) is 4.93. The van der Waals surface area contributed by atoms with Crippen molar-refractivity contribution < 1.29 is 4.74 Å². The number of aryl methyl sites for hydroxylation is 1. The lowest BCUT2D eigenvalue weighted by Gasteiger charge is -2.12. The lowest BCUT2D eigenvalue weighted by Crippen LogP contribution is -2.03. The van der Waals surface area contributed by atoms with Gasteiger partial charge in [0.2, 0.25) is 0 Å². The van der Waals surface area contributed by atoms with Gasteiger partial charge in [0.1, 0.15) is 5.75 Å². The molecule has 0 aliphatic heterocycles. The average Bonchev–Trinajstić information content (AvgIpc) is 2.38. The Bertz CT molecular complexity index is 586. The van der Waals surface area contributed by atoms with Crippen LogP contribution in [0.4, 0.5) is 5.69 Å². The quantitative estimate of drug-likeness (QED) is 0.756. The Hall–Kier alpha value is -0.940. The molecule has 0 fully saturated rings. The van der Waals surface area contributed by atoms with Crippen LogP contribution in [0, 0.1) is 10.5 Å². The van der Waals surface area contributed by atoms with E-state index in [1.165, 1.54) is 5.56 Å². The zero-order valence-electron chi connectivity index (χ0n) is 10.8. The number of ether oxygens (including phenoxy) is 1. The van der Waals surface area contributed by atoms with E-state index in [2.05, 4.69) is 40.9 Å². The SMILES string of the molecule is COc1ccc(C)cc1CNc1ccc(Cl)cc1I. The minimum absolute atomic E-state index is 0.725. The summed E-state index contributed by atoms with van der Waals surface area (Å²) in [7, 11) is 1.69. The molecule has 2 nitrogen and oxygen atoms in total. The first-order valence-electron chi connectivity index (χ1n) is 5.92. The second kappa shape index (κ2) is 6.48. The molecule has 0 bridgehead atoms. The first-order chi connectivity index (χ1) is 9.10. The Labute approximate surface area is 132 Å². The van der Waals surface area contributed by atoms with Crippen molar-refractivity contribution in [1.82, 2.24) is 0 Å². The zero-order chi connectivity index (χ0) is 13.8. The molecule has 1 N–H and O–H groups in total. The van der Waals surface area contributed by atoms with Crippen LogP contribution in [-0.2, 0) is 6.54 Å². The highest BCUT2D eigenvalue weighted by Crippen LogP contribution is 2.25. The van der Waals surface area contributed by atoms with Crippen LogP contribution < -0.4 is 10.1 Å². The Morgan fingerprint density at radius 1 is 1.21 bits per heavy atom. The van der Waals surface area contributed by atoms with Crippen molar-refractivity contribution in [3.8, 4) is 5.75 Å². The molecule has 0 saturated carbocycles. The lowest BCUT2D eigenvalue weighted by atomic mass is 10.1. The van der Waals surface area contributed by atoms with Gasteiger partial charge in [0, 0.05) is 26.4 Å². The van der Waals surface area contributed by atoms with Crippen molar-refractivity contribution in [1.29, 1.82) is 0 Å². The molecule has 0 saturated heterocycles. The maximum atomic E-state index is 5.95.